The van der Waals surface area contributed by atoms with Crippen molar-refractivity contribution in [3.8, 4) is 0 Å². The maximum atomic E-state index is 12.5. The summed E-state index contributed by atoms with van der Waals surface area (Å²) in [5, 5.41) is 0.421. The van der Waals surface area contributed by atoms with Crippen LogP contribution in [0.3, 0.4) is 0 Å². The lowest BCUT2D eigenvalue weighted by molar-refractivity contribution is 0.0745. The zero-order valence-corrected chi connectivity index (χ0v) is 12.3. The fourth-order valence-corrected chi connectivity index (χ4v) is 2.51. The molecule has 2 heterocycles. The number of nitrogen functional groups attached to an aromatic ring is 1. The van der Waals surface area contributed by atoms with Crippen LogP contribution >= 0.6 is 11.3 Å². The molecule has 0 aromatic carbocycles. The number of hydrogen-bond donors (Lipinski definition) is 1. The van der Waals surface area contributed by atoms with Gasteiger partial charge in [-0.15, -0.1) is 0 Å². The van der Waals surface area contributed by atoms with Gasteiger partial charge in [-0.1, -0.05) is 30.7 Å². The van der Waals surface area contributed by atoms with Gasteiger partial charge in [0.2, 0.25) is 0 Å². The van der Waals surface area contributed by atoms with Gasteiger partial charge in [-0.3, -0.25) is 9.78 Å². The van der Waals surface area contributed by atoms with Crippen molar-refractivity contribution in [1.29, 1.82) is 0 Å². The predicted octanol–water partition coefficient (Wildman–Crippen LogP) is 2.56. The van der Waals surface area contributed by atoms with E-state index in [1.165, 1.54) is 11.3 Å². The summed E-state index contributed by atoms with van der Waals surface area (Å²) in [5.74, 6) is -0.0171. The van der Waals surface area contributed by atoms with Crippen molar-refractivity contribution in [3.63, 3.8) is 0 Å². The van der Waals surface area contributed by atoms with E-state index in [-0.39, 0.29) is 5.91 Å². The Morgan fingerprint density at radius 2 is 2.30 bits per heavy atom. The van der Waals surface area contributed by atoms with Gasteiger partial charge in [0.1, 0.15) is 4.88 Å². The van der Waals surface area contributed by atoms with Crippen LogP contribution in [0.1, 0.15) is 35.0 Å². The first-order chi connectivity index (χ1) is 9.70. The van der Waals surface area contributed by atoms with Crippen molar-refractivity contribution in [1.82, 2.24) is 14.9 Å². The minimum Gasteiger partial charge on any atom is -0.375 e. The highest BCUT2D eigenvalue weighted by Crippen LogP contribution is 2.18. The van der Waals surface area contributed by atoms with E-state index in [1.807, 2.05) is 17.0 Å². The summed E-state index contributed by atoms with van der Waals surface area (Å²) >= 11 is 1.23. The third kappa shape index (κ3) is 3.77. The lowest BCUT2D eigenvalue weighted by atomic mass is 10.2. The van der Waals surface area contributed by atoms with Gasteiger partial charge in [0.05, 0.1) is 6.20 Å². The number of nitrogens with two attached hydrogens (primary N) is 1. The smallest absolute Gasteiger partial charge is 0.265 e. The second-order valence-corrected chi connectivity index (χ2v) is 5.57. The monoisotopic (exact) mass is 290 g/mol. The molecule has 1 amide bonds. The molecule has 0 atom stereocenters. The topological polar surface area (TPSA) is 72.1 Å². The van der Waals surface area contributed by atoms with Crippen molar-refractivity contribution in [3.05, 3.63) is 41.2 Å². The summed E-state index contributed by atoms with van der Waals surface area (Å²) in [6.45, 7) is 3.39. The third-order valence-electron chi connectivity index (χ3n) is 2.90. The molecule has 0 aliphatic carbocycles. The van der Waals surface area contributed by atoms with Gasteiger partial charge in [0, 0.05) is 25.5 Å². The van der Waals surface area contributed by atoms with E-state index < -0.39 is 0 Å². The van der Waals surface area contributed by atoms with Gasteiger partial charge in [0.25, 0.3) is 5.91 Å². The molecule has 0 aliphatic rings. The van der Waals surface area contributed by atoms with Crippen LogP contribution in [0.25, 0.3) is 0 Å². The molecule has 0 saturated heterocycles. The van der Waals surface area contributed by atoms with Gasteiger partial charge in [-0.05, 0) is 18.1 Å². The maximum absolute atomic E-state index is 12.5. The van der Waals surface area contributed by atoms with Crippen LogP contribution in [0.2, 0.25) is 0 Å². The van der Waals surface area contributed by atoms with Crippen LogP contribution < -0.4 is 5.73 Å². The minimum absolute atomic E-state index is 0.0171. The summed E-state index contributed by atoms with van der Waals surface area (Å²) < 4.78 is 0. The number of aromatic nitrogens is 2. The SMILES string of the molecule is CCCCN(Cc1cccnc1)C(=O)c1cnc(N)s1. The summed E-state index contributed by atoms with van der Waals surface area (Å²) in [6.07, 6.45) is 7.07. The summed E-state index contributed by atoms with van der Waals surface area (Å²) in [7, 11) is 0. The second-order valence-electron chi connectivity index (χ2n) is 4.50. The van der Waals surface area contributed by atoms with Crippen LogP contribution in [0.4, 0.5) is 5.13 Å². The molecule has 106 valence electrons. The average molecular weight is 290 g/mol. The van der Waals surface area contributed by atoms with Crippen molar-refractivity contribution < 1.29 is 4.79 Å². The fraction of sp³-hybridized carbons (Fsp3) is 0.357. The maximum Gasteiger partial charge on any atom is 0.265 e. The molecule has 0 aliphatic heterocycles. The van der Waals surface area contributed by atoms with Crippen molar-refractivity contribution in [2.75, 3.05) is 12.3 Å². The molecule has 0 bridgehead atoms. The number of unbranched alkanes of at least 4 members (excludes halogenated alkanes) is 1. The molecule has 0 unspecified atom stereocenters. The van der Waals surface area contributed by atoms with Gasteiger partial charge >= 0.3 is 0 Å². The molecule has 20 heavy (non-hydrogen) atoms. The van der Waals surface area contributed by atoms with E-state index in [0.717, 1.165) is 24.9 Å². The Labute approximate surface area is 122 Å². The molecular formula is C14H18N4OS. The molecular weight excluding hydrogens is 272 g/mol. The number of rotatable bonds is 6. The Bertz CT molecular complexity index is 555. The predicted molar refractivity (Wildman–Crippen MR) is 80.4 cm³/mol. The standard InChI is InChI=1S/C14H18N4OS/c1-2-3-7-18(10-11-5-4-6-16-8-11)13(19)12-9-17-14(15)20-12/h4-6,8-9H,2-3,7,10H2,1H3,(H2,15,17). The van der Waals surface area contributed by atoms with E-state index >= 15 is 0 Å². The normalized spacial score (nSPS) is 10.4. The largest absolute Gasteiger partial charge is 0.375 e. The van der Waals surface area contributed by atoms with Gasteiger partial charge in [0.15, 0.2) is 5.13 Å². The quantitative estimate of drug-likeness (QED) is 0.887. The van der Waals surface area contributed by atoms with E-state index in [4.69, 9.17) is 5.73 Å². The average Bonchev–Trinajstić information content (AvgIpc) is 2.90. The fourth-order valence-electron chi connectivity index (χ4n) is 1.86. The molecule has 5 nitrogen and oxygen atoms in total. The Morgan fingerprint density at radius 1 is 1.45 bits per heavy atom. The molecule has 6 heteroatoms. The minimum atomic E-state index is -0.0171. The Kier molecular flexibility index (Phi) is 5.06. The Balaban J connectivity index is 2.12. The van der Waals surface area contributed by atoms with Crippen LogP contribution in [0, 0.1) is 0 Å². The zero-order valence-electron chi connectivity index (χ0n) is 11.5. The third-order valence-corrected chi connectivity index (χ3v) is 3.71. The molecule has 0 radical (unpaired) electrons. The lowest BCUT2D eigenvalue weighted by Gasteiger charge is -2.21. The van der Waals surface area contributed by atoms with Crippen molar-refractivity contribution in [2.45, 2.75) is 26.3 Å². The lowest BCUT2D eigenvalue weighted by Crippen LogP contribution is -2.31. The van der Waals surface area contributed by atoms with Crippen LogP contribution in [-0.4, -0.2) is 27.3 Å². The number of pyridine rings is 1. The molecule has 0 saturated carbocycles. The zero-order chi connectivity index (χ0) is 14.4. The van der Waals surface area contributed by atoms with E-state index in [1.54, 1.807) is 18.6 Å². The number of carbonyl (C=O) groups is 1. The molecule has 2 rings (SSSR count). The first kappa shape index (κ1) is 14.5. The van der Waals surface area contributed by atoms with Crippen LogP contribution in [0.15, 0.2) is 30.7 Å². The van der Waals surface area contributed by atoms with Gasteiger partial charge < -0.3 is 10.6 Å². The number of carbonyl (C=O) groups excluding carboxylic acids is 1. The number of thiazole rings is 1. The molecule has 0 spiro atoms. The van der Waals surface area contributed by atoms with Crippen molar-refractivity contribution >= 4 is 22.4 Å². The number of anilines is 1. The molecule has 2 aromatic heterocycles. The molecule has 2 aromatic rings. The van der Waals surface area contributed by atoms with E-state index in [0.29, 0.717) is 16.6 Å². The van der Waals surface area contributed by atoms with Crippen molar-refractivity contribution in [2.24, 2.45) is 0 Å². The number of nitrogens with zero attached hydrogens (tertiary/aromatic N) is 3. The number of hydrogen-bond acceptors (Lipinski definition) is 5. The highest BCUT2D eigenvalue weighted by Gasteiger charge is 2.18. The summed E-state index contributed by atoms with van der Waals surface area (Å²) in [6, 6.07) is 3.85. The van der Waals surface area contributed by atoms with E-state index in [9.17, 15) is 4.79 Å². The highest BCUT2D eigenvalue weighted by atomic mass is 32.1. The van der Waals surface area contributed by atoms with Crippen LogP contribution in [-0.2, 0) is 6.54 Å². The summed E-state index contributed by atoms with van der Waals surface area (Å²) in [4.78, 5) is 22.9. The van der Waals surface area contributed by atoms with E-state index in [2.05, 4.69) is 16.9 Å². The molecule has 2 N–H and O–H groups in total. The highest BCUT2D eigenvalue weighted by molar-refractivity contribution is 7.17. The first-order valence-electron chi connectivity index (χ1n) is 6.60. The number of amides is 1. The van der Waals surface area contributed by atoms with Gasteiger partial charge in [-0.25, -0.2) is 4.98 Å². The second kappa shape index (κ2) is 7.00. The molecule has 0 fully saturated rings. The van der Waals surface area contributed by atoms with Gasteiger partial charge in [-0.2, -0.15) is 0 Å². The first-order valence-corrected chi connectivity index (χ1v) is 7.42. The van der Waals surface area contributed by atoms with Crippen LogP contribution in [0.5, 0.6) is 0 Å². The Hall–Kier alpha value is -1.95. The Morgan fingerprint density at radius 3 is 2.90 bits per heavy atom. The summed E-state index contributed by atoms with van der Waals surface area (Å²) in [5.41, 5.74) is 6.62.